The van der Waals surface area contributed by atoms with Crippen LogP contribution in [0.5, 0.6) is 5.75 Å². The van der Waals surface area contributed by atoms with E-state index in [-0.39, 0.29) is 16.7 Å². The molecule has 0 bridgehead atoms. The molecule has 0 spiro atoms. The van der Waals surface area contributed by atoms with E-state index >= 15 is 0 Å². The SMILES string of the molecule is COc1ccccc1C(O)c1ccc(SC(F)(F)F)cc1. The van der Waals surface area contributed by atoms with E-state index in [1.807, 2.05) is 0 Å². The Bertz CT molecular complexity index is 597. The van der Waals surface area contributed by atoms with E-state index in [9.17, 15) is 18.3 Å². The van der Waals surface area contributed by atoms with Crippen LogP contribution in [0.25, 0.3) is 0 Å². The second kappa shape index (κ2) is 6.41. The van der Waals surface area contributed by atoms with Gasteiger partial charge < -0.3 is 9.84 Å². The normalized spacial score (nSPS) is 13.0. The molecule has 112 valence electrons. The zero-order valence-electron chi connectivity index (χ0n) is 11.1. The summed E-state index contributed by atoms with van der Waals surface area (Å²) >= 11 is -0.182. The van der Waals surface area contributed by atoms with Crippen LogP contribution < -0.4 is 4.74 Å². The van der Waals surface area contributed by atoms with E-state index in [1.54, 1.807) is 24.3 Å². The molecule has 0 saturated carbocycles. The van der Waals surface area contributed by atoms with Gasteiger partial charge in [-0.05, 0) is 35.5 Å². The van der Waals surface area contributed by atoms with Crippen molar-refractivity contribution in [1.82, 2.24) is 0 Å². The first-order valence-electron chi connectivity index (χ1n) is 6.07. The summed E-state index contributed by atoms with van der Waals surface area (Å²) < 4.78 is 41.9. The van der Waals surface area contributed by atoms with Crippen LogP contribution in [-0.2, 0) is 0 Å². The minimum absolute atomic E-state index is 0.0819. The fraction of sp³-hybridized carbons (Fsp3) is 0.200. The maximum atomic E-state index is 12.3. The molecule has 0 aliphatic carbocycles. The summed E-state index contributed by atoms with van der Waals surface area (Å²) in [6.45, 7) is 0. The molecule has 2 aromatic carbocycles. The molecule has 0 saturated heterocycles. The lowest BCUT2D eigenvalue weighted by Gasteiger charge is -2.15. The number of aliphatic hydroxyl groups excluding tert-OH is 1. The summed E-state index contributed by atoms with van der Waals surface area (Å²) in [5, 5.41) is 10.3. The van der Waals surface area contributed by atoms with Crippen LogP contribution in [0, 0.1) is 0 Å². The number of hydrogen-bond acceptors (Lipinski definition) is 3. The lowest BCUT2D eigenvalue weighted by atomic mass is 10.0. The minimum atomic E-state index is -4.32. The highest BCUT2D eigenvalue weighted by Gasteiger charge is 2.29. The van der Waals surface area contributed by atoms with Gasteiger partial charge in [0.05, 0.1) is 7.11 Å². The number of methoxy groups -OCH3 is 1. The minimum Gasteiger partial charge on any atom is -0.496 e. The molecule has 0 aromatic heterocycles. The van der Waals surface area contributed by atoms with Gasteiger partial charge in [-0.3, -0.25) is 0 Å². The topological polar surface area (TPSA) is 29.5 Å². The maximum absolute atomic E-state index is 12.3. The Kier molecular flexibility index (Phi) is 4.80. The smallest absolute Gasteiger partial charge is 0.446 e. The van der Waals surface area contributed by atoms with Crippen LogP contribution in [0.4, 0.5) is 13.2 Å². The number of hydrogen-bond donors (Lipinski definition) is 1. The fourth-order valence-corrected chi connectivity index (χ4v) is 2.46. The van der Waals surface area contributed by atoms with Crippen molar-refractivity contribution in [2.75, 3.05) is 7.11 Å². The Morgan fingerprint density at radius 1 is 1.05 bits per heavy atom. The van der Waals surface area contributed by atoms with Crippen LogP contribution in [0.1, 0.15) is 17.2 Å². The monoisotopic (exact) mass is 314 g/mol. The third kappa shape index (κ3) is 4.15. The molecule has 0 aliphatic heterocycles. The van der Waals surface area contributed by atoms with Crippen LogP contribution in [0.15, 0.2) is 53.4 Å². The highest BCUT2D eigenvalue weighted by molar-refractivity contribution is 8.00. The number of alkyl halides is 3. The van der Waals surface area contributed by atoms with Gasteiger partial charge in [-0.15, -0.1) is 0 Å². The molecule has 6 heteroatoms. The van der Waals surface area contributed by atoms with Crippen molar-refractivity contribution in [3.05, 3.63) is 59.7 Å². The van der Waals surface area contributed by atoms with E-state index < -0.39 is 11.6 Å². The Labute approximate surface area is 124 Å². The molecular weight excluding hydrogens is 301 g/mol. The van der Waals surface area contributed by atoms with Gasteiger partial charge in [0.1, 0.15) is 11.9 Å². The number of aliphatic hydroxyl groups is 1. The van der Waals surface area contributed by atoms with Gasteiger partial charge in [-0.1, -0.05) is 30.3 Å². The van der Waals surface area contributed by atoms with Gasteiger partial charge in [0, 0.05) is 10.5 Å². The van der Waals surface area contributed by atoms with E-state index in [4.69, 9.17) is 4.74 Å². The van der Waals surface area contributed by atoms with Crippen molar-refractivity contribution < 1.29 is 23.0 Å². The lowest BCUT2D eigenvalue weighted by Crippen LogP contribution is -2.03. The van der Waals surface area contributed by atoms with Crippen molar-refractivity contribution in [2.24, 2.45) is 0 Å². The predicted octanol–water partition coefficient (Wildman–Crippen LogP) is 4.39. The summed E-state index contributed by atoms with van der Waals surface area (Å²) in [6.07, 6.45) is -0.953. The summed E-state index contributed by atoms with van der Waals surface area (Å²) in [5.41, 5.74) is -3.25. The maximum Gasteiger partial charge on any atom is 0.446 e. The average molecular weight is 314 g/mol. The molecule has 2 aromatic rings. The molecule has 0 heterocycles. The summed E-state index contributed by atoms with van der Waals surface area (Å²) in [7, 11) is 1.49. The zero-order valence-corrected chi connectivity index (χ0v) is 11.9. The molecule has 0 aliphatic rings. The van der Waals surface area contributed by atoms with Crippen LogP contribution in [-0.4, -0.2) is 17.7 Å². The molecule has 0 fully saturated rings. The first-order valence-corrected chi connectivity index (χ1v) is 6.89. The van der Waals surface area contributed by atoms with Gasteiger partial charge in [0.2, 0.25) is 0 Å². The molecule has 2 rings (SSSR count). The predicted molar refractivity (Wildman–Crippen MR) is 75.4 cm³/mol. The van der Waals surface area contributed by atoms with Crippen molar-refractivity contribution in [3.63, 3.8) is 0 Å². The Morgan fingerprint density at radius 2 is 1.67 bits per heavy atom. The first kappa shape index (κ1) is 15.7. The molecule has 2 nitrogen and oxygen atoms in total. The molecule has 1 N–H and O–H groups in total. The molecule has 0 radical (unpaired) electrons. The average Bonchev–Trinajstić information content (AvgIpc) is 2.45. The number of benzene rings is 2. The molecule has 0 amide bonds. The van der Waals surface area contributed by atoms with Gasteiger partial charge in [-0.2, -0.15) is 13.2 Å². The molecule has 1 atom stereocenters. The van der Waals surface area contributed by atoms with E-state index in [1.165, 1.54) is 31.4 Å². The van der Waals surface area contributed by atoms with Crippen LogP contribution in [0.2, 0.25) is 0 Å². The number of para-hydroxylation sites is 1. The summed E-state index contributed by atoms with van der Waals surface area (Å²) in [4.78, 5) is 0.0819. The van der Waals surface area contributed by atoms with E-state index in [2.05, 4.69) is 0 Å². The van der Waals surface area contributed by atoms with E-state index in [0.29, 0.717) is 16.9 Å². The van der Waals surface area contributed by atoms with Gasteiger partial charge >= 0.3 is 5.51 Å². The second-order valence-electron chi connectivity index (χ2n) is 4.26. The number of rotatable bonds is 4. The largest absolute Gasteiger partial charge is 0.496 e. The second-order valence-corrected chi connectivity index (χ2v) is 5.40. The number of ether oxygens (including phenoxy) is 1. The van der Waals surface area contributed by atoms with Crippen molar-refractivity contribution in [3.8, 4) is 5.75 Å². The van der Waals surface area contributed by atoms with Gasteiger partial charge in [-0.25, -0.2) is 0 Å². The first-order chi connectivity index (χ1) is 9.90. The van der Waals surface area contributed by atoms with Crippen molar-refractivity contribution >= 4 is 11.8 Å². The van der Waals surface area contributed by atoms with Crippen molar-refractivity contribution in [2.45, 2.75) is 16.5 Å². The number of thioether (sulfide) groups is 1. The van der Waals surface area contributed by atoms with Crippen molar-refractivity contribution in [1.29, 1.82) is 0 Å². The molecule has 1 unspecified atom stereocenters. The third-order valence-corrected chi connectivity index (χ3v) is 3.60. The molecule has 21 heavy (non-hydrogen) atoms. The quantitative estimate of drug-likeness (QED) is 0.849. The van der Waals surface area contributed by atoms with Gasteiger partial charge in [0.15, 0.2) is 0 Å². The Balaban J connectivity index is 2.22. The zero-order chi connectivity index (χ0) is 15.5. The Morgan fingerprint density at radius 3 is 2.24 bits per heavy atom. The van der Waals surface area contributed by atoms with E-state index in [0.717, 1.165) is 0 Å². The highest BCUT2D eigenvalue weighted by atomic mass is 32.2. The Hall–Kier alpha value is -1.66. The van der Waals surface area contributed by atoms with Crippen LogP contribution >= 0.6 is 11.8 Å². The molecular formula is C15H13F3O2S. The van der Waals surface area contributed by atoms with Gasteiger partial charge in [0.25, 0.3) is 0 Å². The fourth-order valence-electron chi connectivity index (χ4n) is 1.92. The van der Waals surface area contributed by atoms with Crippen LogP contribution in [0.3, 0.4) is 0 Å². The number of halogens is 3. The lowest BCUT2D eigenvalue weighted by molar-refractivity contribution is -0.0328. The summed E-state index contributed by atoms with van der Waals surface area (Å²) in [6, 6.07) is 12.6. The third-order valence-electron chi connectivity index (χ3n) is 2.86. The highest BCUT2D eigenvalue weighted by Crippen LogP contribution is 2.37. The summed E-state index contributed by atoms with van der Waals surface area (Å²) in [5.74, 6) is 0.527. The standard InChI is InChI=1S/C15H13F3O2S/c1-20-13-5-3-2-4-12(13)14(19)10-6-8-11(9-7-10)21-15(16,17)18/h2-9,14,19H,1H3.